The molecular weight excluding hydrogens is 488 g/mol. The average Bonchev–Trinajstić information content (AvgIpc) is 2.91. The predicted molar refractivity (Wildman–Crippen MR) is 148 cm³/mol. The van der Waals surface area contributed by atoms with Crippen LogP contribution in [0.25, 0.3) is 10.8 Å². The molecule has 3 atom stereocenters. The third-order valence-corrected chi connectivity index (χ3v) is 7.34. The second kappa shape index (κ2) is 11.6. The molecule has 4 amide bonds. The van der Waals surface area contributed by atoms with Gasteiger partial charge < -0.3 is 20.4 Å². The molecule has 0 spiro atoms. The molecule has 7 nitrogen and oxygen atoms in total. The fourth-order valence-electron chi connectivity index (χ4n) is 4.75. The smallest absolute Gasteiger partial charge is 0.319 e. The normalized spacial score (nSPS) is 17.2. The Balaban J connectivity index is 1.43. The monoisotopic (exact) mass is 520 g/mol. The highest BCUT2D eigenvalue weighted by atomic mass is 35.5. The highest BCUT2D eigenvalue weighted by Gasteiger charge is 2.35. The zero-order valence-corrected chi connectivity index (χ0v) is 22.2. The predicted octanol–water partition coefficient (Wildman–Crippen LogP) is 5.40. The molecule has 3 aromatic carbocycles. The maximum absolute atomic E-state index is 13.6. The van der Waals surface area contributed by atoms with E-state index in [0.717, 1.165) is 17.2 Å². The van der Waals surface area contributed by atoms with E-state index in [4.69, 9.17) is 11.6 Å². The van der Waals surface area contributed by atoms with E-state index in [-0.39, 0.29) is 23.8 Å². The lowest BCUT2D eigenvalue weighted by Gasteiger charge is -2.41. The van der Waals surface area contributed by atoms with Gasteiger partial charge in [0.15, 0.2) is 0 Å². The van der Waals surface area contributed by atoms with Gasteiger partial charge in [0.1, 0.15) is 6.04 Å². The van der Waals surface area contributed by atoms with Crippen LogP contribution in [0.4, 0.5) is 10.5 Å². The first kappa shape index (κ1) is 26.5. The van der Waals surface area contributed by atoms with Crippen LogP contribution in [0.1, 0.15) is 37.6 Å². The molecule has 3 aromatic rings. The second-order valence-corrected chi connectivity index (χ2v) is 10.1. The van der Waals surface area contributed by atoms with Crippen molar-refractivity contribution in [3.63, 3.8) is 0 Å². The van der Waals surface area contributed by atoms with Crippen LogP contribution in [0.5, 0.6) is 0 Å². The van der Waals surface area contributed by atoms with Crippen molar-refractivity contribution in [3.05, 3.63) is 77.3 Å². The van der Waals surface area contributed by atoms with Crippen molar-refractivity contribution in [1.82, 2.24) is 15.1 Å². The summed E-state index contributed by atoms with van der Waals surface area (Å²) in [5, 5.41) is 8.16. The van der Waals surface area contributed by atoms with Gasteiger partial charge >= 0.3 is 6.03 Å². The molecule has 0 aliphatic carbocycles. The third-order valence-electron chi connectivity index (χ3n) is 7.09. The third kappa shape index (κ3) is 6.05. The number of fused-ring (bicyclic) bond motifs is 1. The van der Waals surface area contributed by atoms with Gasteiger partial charge in [0.05, 0.1) is 0 Å². The lowest BCUT2D eigenvalue weighted by atomic mass is 9.97. The lowest BCUT2D eigenvalue weighted by Crippen LogP contribution is -2.60. The van der Waals surface area contributed by atoms with E-state index in [0.29, 0.717) is 35.9 Å². The summed E-state index contributed by atoms with van der Waals surface area (Å²) in [6.07, 6.45) is 0.729. The van der Waals surface area contributed by atoms with Crippen molar-refractivity contribution in [2.45, 2.75) is 39.3 Å². The zero-order valence-electron chi connectivity index (χ0n) is 21.4. The summed E-state index contributed by atoms with van der Waals surface area (Å²) in [5.74, 6) is -0.228. The number of amides is 4. The quantitative estimate of drug-likeness (QED) is 0.456. The summed E-state index contributed by atoms with van der Waals surface area (Å²) < 4.78 is 0. The number of anilines is 1. The van der Waals surface area contributed by atoms with Crippen LogP contribution in [0.3, 0.4) is 0 Å². The summed E-state index contributed by atoms with van der Waals surface area (Å²) in [5.41, 5.74) is 1.26. The van der Waals surface area contributed by atoms with Crippen molar-refractivity contribution >= 4 is 45.9 Å². The van der Waals surface area contributed by atoms with Crippen LogP contribution >= 0.6 is 11.6 Å². The van der Waals surface area contributed by atoms with Crippen molar-refractivity contribution in [3.8, 4) is 0 Å². The van der Waals surface area contributed by atoms with E-state index in [1.54, 1.807) is 29.2 Å². The van der Waals surface area contributed by atoms with Crippen molar-refractivity contribution < 1.29 is 14.4 Å². The Bertz CT molecular complexity index is 1270. The number of halogens is 1. The second-order valence-electron chi connectivity index (χ2n) is 9.63. The standard InChI is InChI=1S/C29H33ClN4O3/c1-4-19(2)26(32-29(37)31-23-14-12-22(30)13-15-23)28(36)33-16-17-34(20(3)18-33)27(35)25-11-7-9-21-8-5-6-10-24(21)25/h5-15,19-20,26H,4,16-18H2,1-3H3,(H2,31,32,37). The lowest BCUT2D eigenvalue weighted by molar-refractivity contribution is -0.136. The van der Waals surface area contributed by atoms with Gasteiger partial charge in [0.25, 0.3) is 5.91 Å². The minimum atomic E-state index is -0.676. The molecule has 0 bridgehead atoms. The number of rotatable bonds is 6. The fourth-order valence-corrected chi connectivity index (χ4v) is 4.87. The van der Waals surface area contributed by atoms with Crippen LogP contribution in [0.2, 0.25) is 5.02 Å². The molecule has 0 saturated carbocycles. The highest BCUT2D eigenvalue weighted by Crippen LogP contribution is 2.23. The number of nitrogens with one attached hydrogen (secondary N) is 2. The first-order chi connectivity index (χ1) is 17.8. The van der Waals surface area contributed by atoms with Gasteiger partial charge in [-0.15, -0.1) is 0 Å². The summed E-state index contributed by atoms with van der Waals surface area (Å²) in [7, 11) is 0. The molecule has 2 N–H and O–H groups in total. The summed E-state index contributed by atoms with van der Waals surface area (Å²) in [6.45, 7) is 7.15. The molecule has 1 heterocycles. The van der Waals surface area contributed by atoms with Crippen LogP contribution in [-0.2, 0) is 4.79 Å². The molecule has 1 aliphatic heterocycles. The zero-order chi connectivity index (χ0) is 26.5. The Morgan fingerprint density at radius 3 is 2.41 bits per heavy atom. The number of benzene rings is 3. The molecular formula is C29H33ClN4O3. The van der Waals surface area contributed by atoms with Crippen LogP contribution in [0, 0.1) is 5.92 Å². The maximum Gasteiger partial charge on any atom is 0.319 e. The molecule has 1 aliphatic rings. The van der Waals surface area contributed by atoms with Crippen molar-refractivity contribution in [2.75, 3.05) is 25.0 Å². The molecule has 3 unspecified atom stereocenters. The molecule has 1 fully saturated rings. The van der Waals surface area contributed by atoms with Crippen molar-refractivity contribution in [2.24, 2.45) is 5.92 Å². The van der Waals surface area contributed by atoms with E-state index in [1.807, 2.05) is 68.1 Å². The van der Waals surface area contributed by atoms with Crippen LogP contribution in [0.15, 0.2) is 66.7 Å². The van der Waals surface area contributed by atoms with Crippen LogP contribution < -0.4 is 10.6 Å². The van der Waals surface area contributed by atoms with Gasteiger partial charge in [-0.05, 0) is 53.9 Å². The summed E-state index contributed by atoms with van der Waals surface area (Å²) in [6, 6.07) is 19.1. The van der Waals surface area contributed by atoms with E-state index < -0.39 is 12.1 Å². The molecule has 194 valence electrons. The van der Waals surface area contributed by atoms with E-state index >= 15 is 0 Å². The van der Waals surface area contributed by atoms with Gasteiger partial charge in [-0.2, -0.15) is 0 Å². The molecule has 37 heavy (non-hydrogen) atoms. The summed E-state index contributed by atoms with van der Waals surface area (Å²) in [4.78, 5) is 43.3. The van der Waals surface area contributed by atoms with E-state index in [9.17, 15) is 14.4 Å². The Morgan fingerprint density at radius 2 is 1.70 bits per heavy atom. The Hall–Kier alpha value is -3.58. The van der Waals surface area contributed by atoms with Gasteiger partial charge in [-0.25, -0.2) is 4.79 Å². The van der Waals surface area contributed by atoms with Gasteiger partial charge in [0.2, 0.25) is 5.91 Å². The van der Waals surface area contributed by atoms with Crippen molar-refractivity contribution in [1.29, 1.82) is 0 Å². The van der Waals surface area contributed by atoms with Gasteiger partial charge in [0, 0.05) is 41.9 Å². The van der Waals surface area contributed by atoms with Gasteiger partial charge in [-0.1, -0.05) is 68.3 Å². The SMILES string of the molecule is CCC(C)C(NC(=O)Nc1ccc(Cl)cc1)C(=O)N1CCN(C(=O)c2cccc3ccccc23)C(C)C1. The fraction of sp³-hybridized carbons (Fsp3) is 0.345. The number of carbonyl (C=O) groups excluding carboxylic acids is 3. The number of hydrogen-bond acceptors (Lipinski definition) is 3. The minimum absolute atomic E-state index is 0.0321. The highest BCUT2D eigenvalue weighted by molar-refractivity contribution is 6.30. The largest absolute Gasteiger partial charge is 0.337 e. The Labute approximate surface area is 222 Å². The average molecular weight is 521 g/mol. The molecule has 4 rings (SSSR count). The van der Waals surface area contributed by atoms with Gasteiger partial charge in [-0.3, -0.25) is 9.59 Å². The maximum atomic E-state index is 13.6. The first-order valence-corrected chi connectivity index (χ1v) is 13.1. The molecule has 0 aromatic heterocycles. The molecule has 0 radical (unpaired) electrons. The number of nitrogens with zero attached hydrogens (tertiary/aromatic N) is 2. The summed E-state index contributed by atoms with van der Waals surface area (Å²) >= 11 is 5.92. The van der Waals surface area contributed by atoms with E-state index in [1.165, 1.54) is 0 Å². The Morgan fingerprint density at radius 1 is 1.00 bits per heavy atom. The number of hydrogen-bond donors (Lipinski definition) is 2. The first-order valence-electron chi connectivity index (χ1n) is 12.7. The number of piperazine rings is 1. The topological polar surface area (TPSA) is 81.8 Å². The number of urea groups is 1. The Kier molecular flexibility index (Phi) is 8.34. The molecule has 1 saturated heterocycles. The molecule has 8 heteroatoms. The van der Waals surface area contributed by atoms with Crippen LogP contribution in [-0.4, -0.2) is 59.4 Å². The minimum Gasteiger partial charge on any atom is -0.337 e. The van der Waals surface area contributed by atoms with E-state index in [2.05, 4.69) is 10.6 Å². The number of carbonyl (C=O) groups is 3.